The van der Waals surface area contributed by atoms with E-state index in [0.29, 0.717) is 25.8 Å². The van der Waals surface area contributed by atoms with E-state index in [0.717, 1.165) is 4.08 Å². The van der Waals surface area contributed by atoms with Crippen LogP contribution in [0.15, 0.2) is 0 Å². The van der Waals surface area contributed by atoms with Gasteiger partial charge in [0, 0.05) is 0 Å². The second kappa shape index (κ2) is 19.2. The van der Waals surface area contributed by atoms with Gasteiger partial charge in [-0.2, -0.15) is 0 Å². The quantitative estimate of drug-likeness (QED) is 0.241. The topological polar surface area (TPSA) is 152 Å². The molecule has 3 aliphatic heterocycles. The molecule has 0 saturated carbocycles. The molecule has 0 spiro atoms. The van der Waals surface area contributed by atoms with Crippen molar-refractivity contribution in [3.05, 3.63) is 0 Å². The third-order valence-corrected chi connectivity index (χ3v) is 13.9. The van der Waals surface area contributed by atoms with Crippen LogP contribution in [0.5, 0.6) is 0 Å². The molecule has 3 heterocycles. The molecule has 51 heavy (non-hydrogen) atoms. The third kappa shape index (κ3) is 10.8. The fourth-order valence-corrected chi connectivity index (χ4v) is 10.1. The third-order valence-electron chi connectivity index (χ3n) is 12.0. The van der Waals surface area contributed by atoms with Crippen molar-refractivity contribution >= 4 is 8.99 Å². The maximum atomic E-state index is 12.6. The number of methoxy groups -OCH3 is 1. The SMILES string of the molecule is [CH2]=[Mo]=[C]1O[C@H](CC)C(C)[C@H](O)[C@@H](C)N(C)C[C@H](C)CC(C)(O)[C@H](O[C@@H]2O[C@H](C)C[C@H](NC)[C@H]2O)[C@@H](C)[C@H](O[C@H]2C[C@@](C)(OC)[C@@H](O)[C@H](C)O2)[C@H]1C. The van der Waals surface area contributed by atoms with Gasteiger partial charge in [-0.3, -0.25) is 0 Å². The van der Waals surface area contributed by atoms with E-state index < -0.39 is 84.0 Å². The van der Waals surface area contributed by atoms with Crippen molar-refractivity contribution in [2.24, 2.45) is 23.7 Å². The molecule has 2 unspecified atom stereocenters. The first-order valence-electron chi connectivity index (χ1n) is 19.0. The van der Waals surface area contributed by atoms with Crippen LogP contribution in [-0.4, -0.2) is 147 Å². The molecule has 3 fully saturated rings. The zero-order chi connectivity index (χ0) is 38.6. The van der Waals surface area contributed by atoms with Crippen molar-refractivity contribution in [1.82, 2.24) is 10.2 Å². The van der Waals surface area contributed by atoms with Crippen LogP contribution >= 0.6 is 0 Å². The molecular formula is C38H72MoN2O10. The van der Waals surface area contributed by atoms with Gasteiger partial charge in [0.1, 0.15) is 0 Å². The van der Waals surface area contributed by atoms with E-state index in [1.54, 1.807) is 21.0 Å². The summed E-state index contributed by atoms with van der Waals surface area (Å²) in [7, 11) is 5.40. The molecule has 3 rings (SSSR count). The number of nitrogens with zero attached hydrogens (tertiary/aromatic N) is 1. The van der Waals surface area contributed by atoms with Gasteiger partial charge in [0.2, 0.25) is 0 Å². The van der Waals surface area contributed by atoms with Crippen LogP contribution in [0.3, 0.4) is 0 Å². The molecule has 0 radical (unpaired) electrons. The van der Waals surface area contributed by atoms with Gasteiger partial charge in [0.25, 0.3) is 0 Å². The summed E-state index contributed by atoms with van der Waals surface area (Å²) in [6, 6.07) is -0.406. The summed E-state index contributed by atoms with van der Waals surface area (Å²) in [4.78, 5) is 6.54. The van der Waals surface area contributed by atoms with Crippen LogP contribution in [0.1, 0.15) is 94.9 Å². The predicted octanol–water partition coefficient (Wildman–Crippen LogP) is 2.56. The minimum atomic E-state index is -1.40. The van der Waals surface area contributed by atoms with Gasteiger partial charge >= 0.3 is 317 Å². The molecule has 12 nitrogen and oxygen atoms in total. The monoisotopic (exact) mass is 814 g/mol. The van der Waals surface area contributed by atoms with Crippen LogP contribution in [0.2, 0.25) is 0 Å². The van der Waals surface area contributed by atoms with E-state index in [1.807, 2.05) is 48.7 Å². The maximum absolute atomic E-state index is 12.6. The number of hydrogen-bond acceptors (Lipinski definition) is 12. The van der Waals surface area contributed by atoms with Crippen molar-refractivity contribution < 1.29 is 66.5 Å². The van der Waals surface area contributed by atoms with E-state index in [9.17, 15) is 20.4 Å². The molecular weight excluding hydrogens is 740 g/mol. The van der Waals surface area contributed by atoms with Crippen molar-refractivity contribution in [1.29, 1.82) is 0 Å². The summed E-state index contributed by atoms with van der Waals surface area (Å²) in [5, 5.41) is 49.8. The Kier molecular flexibility index (Phi) is 17.1. The van der Waals surface area contributed by atoms with Crippen LogP contribution in [0.4, 0.5) is 0 Å². The summed E-state index contributed by atoms with van der Waals surface area (Å²) in [5.41, 5.74) is -2.31. The van der Waals surface area contributed by atoms with Crippen molar-refractivity contribution in [2.45, 2.75) is 180 Å². The number of ether oxygens (including phenoxy) is 6. The van der Waals surface area contributed by atoms with E-state index in [-0.39, 0.29) is 48.5 Å². The number of likely N-dealkylation sites (N-methyl/N-ethyl adjacent to an activating group) is 2. The summed E-state index contributed by atoms with van der Waals surface area (Å²) in [5.74, 6) is -0.952. The first-order valence-corrected chi connectivity index (χ1v) is 21.4. The Balaban J connectivity index is 2.18. The number of hydrogen-bond donors (Lipinski definition) is 5. The molecule has 0 bridgehead atoms. The summed E-state index contributed by atoms with van der Waals surface area (Å²) in [6.45, 7) is 20.4. The molecule has 18 atom stereocenters. The van der Waals surface area contributed by atoms with Crippen molar-refractivity contribution in [2.75, 3.05) is 27.7 Å². The molecule has 0 aromatic rings. The van der Waals surface area contributed by atoms with Crippen LogP contribution in [-0.2, 0) is 46.1 Å². The van der Waals surface area contributed by atoms with Gasteiger partial charge < -0.3 is 0 Å². The second-order valence-corrected chi connectivity index (χ2v) is 18.1. The molecule has 3 aliphatic rings. The van der Waals surface area contributed by atoms with Gasteiger partial charge in [-0.15, -0.1) is 0 Å². The molecule has 5 N–H and O–H groups in total. The Hall–Kier alpha value is -0.0517. The molecule has 0 amide bonds. The van der Waals surface area contributed by atoms with Gasteiger partial charge in [0.15, 0.2) is 0 Å². The number of rotatable bonds is 7. The van der Waals surface area contributed by atoms with Gasteiger partial charge in [-0.25, -0.2) is 0 Å². The second-order valence-electron chi connectivity index (χ2n) is 16.4. The Bertz CT molecular complexity index is 1140. The summed E-state index contributed by atoms with van der Waals surface area (Å²) < 4.78 is 39.8. The van der Waals surface area contributed by atoms with E-state index >= 15 is 0 Å². The fraction of sp³-hybridized carbons (Fsp3) is 0.947. The first-order chi connectivity index (χ1) is 23.7. The summed E-state index contributed by atoms with van der Waals surface area (Å²) >= 11 is -1.05. The molecule has 300 valence electrons. The van der Waals surface area contributed by atoms with E-state index in [4.69, 9.17) is 28.4 Å². The zero-order valence-corrected chi connectivity index (χ0v) is 35.6. The predicted molar refractivity (Wildman–Crippen MR) is 195 cm³/mol. The molecule has 0 aromatic heterocycles. The molecule has 3 saturated heterocycles. The Morgan fingerprint density at radius 3 is 2.20 bits per heavy atom. The minimum absolute atomic E-state index is 0.00917. The van der Waals surface area contributed by atoms with Crippen LogP contribution < -0.4 is 5.32 Å². The van der Waals surface area contributed by atoms with Gasteiger partial charge in [-0.05, 0) is 0 Å². The Morgan fingerprint density at radius 2 is 1.63 bits per heavy atom. The van der Waals surface area contributed by atoms with Crippen molar-refractivity contribution in [3.63, 3.8) is 0 Å². The number of nitrogens with one attached hydrogen (secondary N) is 1. The average Bonchev–Trinajstić information content (AvgIpc) is 3.07. The number of aliphatic hydroxyl groups is 4. The molecule has 13 heteroatoms. The van der Waals surface area contributed by atoms with Crippen molar-refractivity contribution in [3.8, 4) is 0 Å². The average molecular weight is 813 g/mol. The van der Waals surface area contributed by atoms with Gasteiger partial charge in [-0.1, -0.05) is 0 Å². The molecule has 0 aromatic carbocycles. The van der Waals surface area contributed by atoms with Gasteiger partial charge in [0.05, 0.1) is 0 Å². The van der Waals surface area contributed by atoms with E-state index in [1.165, 1.54) is 0 Å². The van der Waals surface area contributed by atoms with Crippen LogP contribution in [0.25, 0.3) is 0 Å². The summed E-state index contributed by atoms with van der Waals surface area (Å²) in [6.07, 6.45) is -4.72. The zero-order valence-electron chi connectivity index (χ0n) is 33.6. The Morgan fingerprint density at radius 1 is 0.980 bits per heavy atom. The van der Waals surface area contributed by atoms with Crippen LogP contribution in [0, 0.1) is 23.7 Å². The first kappa shape index (κ1) is 45.3. The number of aliphatic hydroxyl groups excluding tert-OH is 3. The Labute approximate surface area is 315 Å². The normalized spacial score (nSPS) is 48.8. The standard InChI is InChI=1S/C37H70N2O10.CH2.Mo/c1-14-28-23(5)30(40)25(7)39(12)18-20(2)16-36(9,43)34(49-35-31(41)27(38-11)15-22(4)46-35)24(6)32(21(3)19-45-28)48-29-17-37(10,44-13)33(42)26(8)47-29;;/h20-35,38,40-43H,14-18H2,1-13H3;1H2;/t20-,21+,22-,23?,24+,25-,26+,27+,28-,29+,30+,31-,32-,33+,34-,35+,36?,37-;;/m1../s1. The van der Waals surface area contributed by atoms with E-state index in [2.05, 4.69) is 35.9 Å². The fourth-order valence-electron chi connectivity index (χ4n) is 8.66. The molecule has 0 aliphatic carbocycles.